The Morgan fingerprint density at radius 2 is 2.00 bits per heavy atom. The van der Waals surface area contributed by atoms with E-state index >= 15 is 0 Å². The van der Waals surface area contributed by atoms with Gasteiger partial charge in [-0.3, -0.25) is 0 Å². The van der Waals surface area contributed by atoms with E-state index in [0.29, 0.717) is 0 Å². The summed E-state index contributed by atoms with van der Waals surface area (Å²) in [4.78, 5) is 5.79. The molecule has 7 heavy (non-hydrogen) atoms. The van der Waals surface area contributed by atoms with Gasteiger partial charge in [-0.25, -0.2) is 0 Å². The number of amidine groups is 1. The topological polar surface area (TPSA) is 15.6 Å². The van der Waals surface area contributed by atoms with Gasteiger partial charge in [-0.15, -0.1) is 0 Å². The Bertz CT molecular complexity index is 77.8. The molecule has 0 saturated carbocycles. The van der Waals surface area contributed by atoms with Crippen LogP contribution in [0.1, 0.15) is 0 Å². The second kappa shape index (κ2) is 3.05. The summed E-state index contributed by atoms with van der Waals surface area (Å²) in [6.07, 6.45) is 0. The normalized spacial score (nSPS) is 11.6. The van der Waals surface area contributed by atoms with Gasteiger partial charge in [0.1, 0.15) is 0 Å². The molecule has 0 fully saturated rings. The maximum atomic E-state index is 3.88. The monoisotopic (exact) mass is 165 g/mol. The van der Waals surface area contributed by atoms with Gasteiger partial charge in [-0.2, -0.15) is 0 Å². The van der Waals surface area contributed by atoms with E-state index < -0.39 is 0 Å². The quantitative estimate of drug-likeness (QED) is 0.273. The average Bonchev–Trinajstić information content (AvgIpc) is 1.65. The van der Waals surface area contributed by atoms with Crippen LogP contribution in [0.15, 0.2) is 4.99 Å². The van der Waals surface area contributed by atoms with Crippen molar-refractivity contribution in [3.05, 3.63) is 0 Å². The molecular formula is C4H9N2Se. The molecule has 0 spiro atoms. The summed E-state index contributed by atoms with van der Waals surface area (Å²) in [6.45, 7) is 0. The molecule has 0 amide bonds. The van der Waals surface area contributed by atoms with Crippen LogP contribution in [0.5, 0.6) is 0 Å². The Hall–Kier alpha value is -0.0105. The molecule has 3 heteroatoms. The third-order valence-electron chi connectivity index (χ3n) is 0.574. The van der Waals surface area contributed by atoms with Crippen LogP contribution >= 0.6 is 0 Å². The summed E-state index contributed by atoms with van der Waals surface area (Å²) in [7, 11) is 5.64. The summed E-state index contributed by atoms with van der Waals surface area (Å²) in [6, 6.07) is 0. The van der Waals surface area contributed by atoms with Crippen LogP contribution in [0.25, 0.3) is 0 Å². The summed E-state index contributed by atoms with van der Waals surface area (Å²) >= 11 is 2.80. The van der Waals surface area contributed by atoms with Gasteiger partial charge >= 0.3 is 51.8 Å². The van der Waals surface area contributed by atoms with Crippen molar-refractivity contribution in [3.63, 3.8) is 0 Å². The first-order valence-corrected chi connectivity index (χ1v) is 2.85. The molecule has 0 atom stereocenters. The maximum absolute atomic E-state index is 3.88. The average molecular weight is 164 g/mol. The number of hydrogen-bond acceptors (Lipinski definition) is 1. The fraction of sp³-hybridized carbons (Fsp3) is 0.750. The second-order valence-corrected chi connectivity index (χ2v) is 2.17. The molecule has 2 nitrogen and oxygen atoms in total. The fourth-order valence-corrected chi connectivity index (χ4v) is 0.200. The molecule has 0 aliphatic carbocycles. The Morgan fingerprint density at radius 3 is 2.00 bits per heavy atom. The number of hydrogen-bond donors (Lipinski definition) is 0. The Balaban J connectivity index is 3.56. The van der Waals surface area contributed by atoms with Gasteiger partial charge in [0.05, 0.1) is 0 Å². The fourth-order valence-electron chi connectivity index (χ4n) is 0.200. The zero-order valence-electron chi connectivity index (χ0n) is 4.80. The first-order valence-electron chi connectivity index (χ1n) is 1.99. The molecule has 0 unspecified atom stereocenters. The number of aliphatic imine (C=N–C) groups is 1. The van der Waals surface area contributed by atoms with Crippen LogP contribution in [0, 0.1) is 0 Å². The molecule has 41 valence electrons. The predicted octanol–water partition coefficient (Wildman–Crippen LogP) is -0.298. The Kier molecular flexibility index (Phi) is 3.05. The third-order valence-corrected chi connectivity index (χ3v) is 1.72. The summed E-state index contributed by atoms with van der Waals surface area (Å²) in [5.41, 5.74) is 0. The van der Waals surface area contributed by atoms with E-state index in [1.54, 1.807) is 7.05 Å². The van der Waals surface area contributed by atoms with E-state index in [2.05, 4.69) is 21.0 Å². The third kappa shape index (κ3) is 2.66. The van der Waals surface area contributed by atoms with Gasteiger partial charge in [0.15, 0.2) is 0 Å². The first-order chi connectivity index (χ1) is 3.18. The van der Waals surface area contributed by atoms with Gasteiger partial charge in [0.25, 0.3) is 0 Å². The van der Waals surface area contributed by atoms with Crippen molar-refractivity contribution in [3.8, 4) is 0 Å². The zero-order valence-corrected chi connectivity index (χ0v) is 6.52. The molecule has 0 aliphatic rings. The zero-order chi connectivity index (χ0) is 5.86. The molecule has 0 bridgehead atoms. The van der Waals surface area contributed by atoms with E-state index in [-0.39, 0.29) is 0 Å². The van der Waals surface area contributed by atoms with Crippen molar-refractivity contribution in [2.75, 3.05) is 21.1 Å². The standard InChI is InChI=1S/C4H9N2Se/c1-5-4(7)6(2)3/h1-3H3. The van der Waals surface area contributed by atoms with Crippen molar-refractivity contribution >= 4 is 20.7 Å². The van der Waals surface area contributed by atoms with Gasteiger partial charge in [0, 0.05) is 0 Å². The van der Waals surface area contributed by atoms with Crippen LogP contribution in [-0.4, -0.2) is 46.8 Å². The minimum atomic E-state index is 0.931. The van der Waals surface area contributed by atoms with Crippen molar-refractivity contribution in [2.24, 2.45) is 4.99 Å². The van der Waals surface area contributed by atoms with E-state index in [9.17, 15) is 0 Å². The van der Waals surface area contributed by atoms with Crippen LogP contribution in [-0.2, 0) is 0 Å². The van der Waals surface area contributed by atoms with Crippen LogP contribution < -0.4 is 0 Å². The number of rotatable bonds is 0. The van der Waals surface area contributed by atoms with Crippen LogP contribution in [0.4, 0.5) is 0 Å². The Labute approximate surface area is 52.4 Å². The summed E-state index contributed by atoms with van der Waals surface area (Å²) < 4.78 is 0.931. The van der Waals surface area contributed by atoms with Crippen LogP contribution in [0.2, 0.25) is 0 Å². The van der Waals surface area contributed by atoms with Crippen molar-refractivity contribution in [2.45, 2.75) is 0 Å². The molecule has 0 aliphatic heterocycles. The van der Waals surface area contributed by atoms with Crippen molar-refractivity contribution in [1.82, 2.24) is 4.90 Å². The minimum absolute atomic E-state index is 0.931. The summed E-state index contributed by atoms with van der Waals surface area (Å²) in [5, 5.41) is 0. The van der Waals surface area contributed by atoms with Gasteiger partial charge in [-0.1, -0.05) is 0 Å². The number of nitrogens with zero attached hydrogens (tertiary/aromatic N) is 2. The van der Waals surface area contributed by atoms with E-state index in [1.807, 2.05) is 19.0 Å². The Morgan fingerprint density at radius 1 is 1.57 bits per heavy atom. The van der Waals surface area contributed by atoms with Gasteiger partial charge in [-0.05, 0) is 0 Å². The predicted molar refractivity (Wildman–Crippen MR) is 32.8 cm³/mol. The molecule has 1 radical (unpaired) electrons. The van der Waals surface area contributed by atoms with E-state index in [1.165, 1.54) is 0 Å². The summed E-state index contributed by atoms with van der Waals surface area (Å²) in [5.74, 6) is 0. The molecule has 0 aromatic rings. The molecular weight excluding hydrogens is 155 g/mol. The van der Waals surface area contributed by atoms with E-state index in [4.69, 9.17) is 0 Å². The molecule has 0 rings (SSSR count). The van der Waals surface area contributed by atoms with Crippen molar-refractivity contribution < 1.29 is 0 Å². The molecule has 0 saturated heterocycles. The van der Waals surface area contributed by atoms with Crippen LogP contribution in [0.3, 0.4) is 0 Å². The first kappa shape index (κ1) is 6.99. The molecule has 0 aromatic heterocycles. The van der Waals surface area contributed by atoms with Crippen molar-refractivity contribution in [1.29, 1.82) is 0 Å². The van der Waals surface area contributed by atoms with E-state index in [0.717, 1.165) is 4.73 Å². The SMILES string of the molecule is CN=C([Se])N(C)C. The second-order valence-electron chi connectivity index (χ2n) is 1.40. The molecule has 0 heterocycles. The van der Waals surface area contributed by atoms with Gasteiger partial charge in [0.2, 0.25) is 0 Å². The molecule has 0 aromatic carbocycles. The molecule has 0 N–H and O–H groups in total. The van der Waals surface area contributed by atoms with Gasteiger partial charge < -0.3 is 0 Å².